The van der Waals surface area contributed by atoms with Gasteiger partial charge in [0, 0.05) is 6.04 Å². The number of carboxylic acids is 1. The number of hydrogen-bond donors (Lipinski definition) is 3. The van der Waals surface area contributed by atoms with Gasteiger partial charge in [-0.3, -0.25) is 4.79 Å². The molecular formula is C18H23FN2O3. The highest BCUT2D eigenvalue weighted by atomic mass is 19.1. The molecule has 3 rings (SSSR count). The molecule has 1 atom stereocenters. The number of aliphatic carboxylic acids is 1. The van der Waals surface area contributed by atoms with E-state index in [9.17, 15) is 14.0 Å². The van der Waals surface area contributed by atoms with Crippen LogP contribution in [0.2, 0.25) is 0 Å². The lowest BCUT2D eigenvalue weighted by Crippen LogP contribution is -2.45. The minimum Gasteiger partial charge on any atom is -0.481 e. The number of halogens is 1. The summed E-state index contributed by atoms with van der Waals surface area (Å²) in [4.78, 5) is 23.2. The quantitative estimate of drug-likeness (QED) is 0.794. The summed E-state index contributed by atoms with van der Waals surface area (Å²) in [6.07, 6.45) is 4.91. The molecule has 2 amide bonds. The number of amides is 2. The van der Waals surface area contributed by atoms with Gasteiger partial charge in [0.15, 0.2) is 0 Å². The molecule has 0 spiro atoms. The molecule has 0 aromatic heterocycles. The molecule has 24 heavy (non-hydrogen) atoms. The number of rotatable bonds is 3. The largest absolute Gasteiger partial charge is 0.481 e. The van der Waals surface area contributed by atoms with Gasteiger partial charge < -0.3 is 15.7 Å². The monoisotopic (exact) mass is 334 g/mol. The summed E-state index contributed by atoms with van der Waals surface area (Å²) >= 11 is 0. The van der Waals surface area contributed by atoms with E-state index in [4.69, 9.17) is 5.11 Å². The van der Waals surface area contributed by atoms with E-state index in [1.54, 1.807) is 6.07 Å². The van der Waals surface area contributed by atoms with E-state index in [0.717, 1.165) is 18.4 Å². The van der Waals surface area contributed by atoms with Gasteiger partial charge in [-0.15, -0.1) is 0 Å². The molecule has 2 aliphatic carbocycles. The number of urea groups is 1. The van der Waals surface area contributed by atoms with Crippen molar-refractivity contribution in [3.63, 3.8) is 0 Å². The first kappa shape index (κ1) is 16.7. The van der Waals surface area contributed by atoms with Crippen LogP contribution in [-0.2, 0) is 11.2 Å². The van der Waals surface area contributed by atoms with E-state index < -0.39 is 5.97 Å². The summed E-state index contributed by atoms with van der Waals surface area (Å²) in [6.45, 7) is 0. The fraction of sp³-hybridized carbons (Fsp3) is 0.556. The maximum atomic E-state index is 13.9. The number of carbonyl (C=O) groups excluding carboxylic acids is 1. The Balaban J connectivity index is 1.55. The van der Waals surface area contributed by atoms with Gasteiger partial charge >= 0.3 is 12.0 Å². The Morgan fingerprint density at radius 3 is 2.54 bits per heavy atom. The van der Waals surface area contributed by atoms with Crippen LogP contribution in [0, 0.1) is 11.7 Å². The topological polar surface area (TPSA) is 78.4 Å². The lowest BCUT2D eigenvalue weighted by atomic mass is 9.86. The molecule has 1 unspecified atom stereocenters. The van der Waals surface area contributed by atoms with Crippen LogP contribution < -0.4 is 10.6 Å². The molecule has 1 aromatic rings. The average Bonchev–Trinajstić information content (AvgIpc) is 2.56. The highest BCUT2D eigenvalue weighted by molar-refractivity contribution is 5.75. The van der Waals surface area contributed by atoms with E-state index >= 15 is 0 Å². The van der Waals surface area contributed by atoms with Crippen molar-refractivity contribution in [3.8, 4) is 0 Å². The second kappa shape index (κ2) is 7.20. The van der Waals surface area contributed by atoms with E-state index in [2.05, 4.69) is 10.6 Å². The van der Waals surface area contributed by atoms with Crippen molar-refractivity contribution in [2.75, 3.05) is 0 Å². The first-order chi connectivity index (χ1) is 11.5. The number of nitrogens with one attached hydrogen (secondary N) is 2. The van der Waals surface area contributed by atoms with Gasteiger partial charge in [-0.05, 0) is 62.1 Å². The molecule has 6 heteroatoms. The van der Waals surface area contributed by atoms with Crippen LogP contribution in [0.3, 0.4) is 0 Å². The third-order valence-electron chi connectivity index (χ3n) is 5.17. The zero-order valence-corrected chi connectivity index (χ0v) is 13.6. The van der Waals surface area contributed by atoms with Gasteiger partial charge in [0.25, 0.3) is 0 Å². The first-order valence-electron chi connectivity index (χ1n) is 8.61. The number of carboxylic acid groups (broad SMARTS) is 1. The van der Waals surface area contributed by atoms with Gasteiger partial charge in [0.2, 0.25) is 0 Å². The minimum atomic E-state index is -0.751. The van der Waals surface area contributed by atoms with Crippen LogP contribution in [0.4, 0.5) is 9.18 Å². The molecule has 0 heterocycles. The predicted octanol–water partition coefficient (Wildman–Crippen LogP) is 3.15. The molecule has 2 aliphatic rings. The zero-order valence-electron chi connectivity index (χ0n) is 13.6. The average molecular weight is 334 g/mol. The maximum absolute atomic E-state index is 13.9. The maximum Gasteiger partial charge on any atom is 0.315 e. The number of fused-ring (bicyclic) bond motifs is 1. The Hall–Kier alpha value is -2.11. The summed E-state index contributed by atoms with van der Waals surface area (Å²) in [5.41, 5.74) is 1.57. The van der Waals surface area contributed by atoms with E-state index in [1.165, 1.54) is 6.07 Å². The van der Waals surface area contributed by atoms with E-state index in [-0.39, 0.29) is 29.8 Å². The molecule has 0 bridgehead atoms. The van der Waals surface area contributed by atoms with Gasteiger partial charge in [-0.2, -0.15) is 0 Å². The van der Waals surface area contributed by atoms with Crippen molar-refractivity contribution in [2.45, 2.75) is 57.0 Å². The molecule has 3 N–H and O–H groups in total. The third kappa shape index (κ3) is 3.68. The van der Waals surface area contributed by atoms with Crippen molar-refractivity contribution in [1.29, 1.82) is 0 Å². The standard InChI is InChI=1S/C18H23FN2O3/c19-15-5-1-4-14-13(15)3-2-6-16(14)21-18(24)20-12-9-7-11(8-10-12)17(22)23/h1,4-5,11-12,16H,2-3,6-10H2,(H,22,23)(H2,20,21,24). The van der Waals surface area contributed by atoms with Gasteiger partial charge in [-0.1, -0.05) is 12.1 Å². The molecule has 1 aromatic carbocycles. The molecule has 0 saturated heterocycles. The molecule has 5 nitrogen and oxygen atoms in total. The lowest BCUT2D eigenvalue weighted by Gasteiger charge is -2.30. The van der Waals surface area contributed by atoms with Crippen molar-refractivity contribution >= 4 is 12.0 Å². The van der Waals surface area contributed by atoms with Crippen molar-refractivity contribution in [1.82, 2.24) is 10.6 Å². The second-order valence-electron chi connectivity index (χ2n) is 6.76. The number of hydrogen-bond acceptors (Lipinski definition) is 2. The second-order valence-corrected chi connectivity index (χ2v) is 6.76. The van der Waals surface area contributed by atoms with Crippen LogP contribution in [0.25, 0.3) is 0 Å². The third-order valence-corrected chi connectivity index (χ3v) is 5.17. The predicted molar refractivity (Wildman–Crippen MR) is 87.1 cm³/mol. The van der Waals surface area contributed by atoms with Crippen LogP contribution in [0.15, 0.2) is 18.2 Å². The van der Waals surface area contributed by atoms with Gasteiger partial charge in [0.05, 0.1) is 12.0 Å². The Morgan fingerprint density at radius 2 is 1.83 bits per heavy atom. The Bertz CT molecular complexity index is 627. The van der Waals surface area contributed by atoms with Crippen LogP contribution in [0.5, 0.6) is 0 Å². The Labute approximate surface area is 140 Å². The van der Waals surface area contributed by atoms with Crippen molar-refractivity contribution < 1.29 is 19.1 Å². The van der Waals surface area contributed by atoms with Crippen molar-refractivity contribution in [3.05, 3.63) is 35.1 Å². The van der Waals surface area contributed by atoms with Crippen LogP contribution in [0.1, 0.15) is 55.7 Å². The molecule has 0 aliphatic heterocycles. The minimum absolute atomic E-state index is 0.0103. The summed E-state index contributed by atoms with van der Waals surface area (Å²) in [5.74, 6) is -1.25. The van der Waals surface area contributed by atoms with Crippen LogP contribution >= 0.6 is 0 Å². The molecule has 1 fully saturated rings. The molecular weight excluding hydrogens is 311 g/mol. The zero-order chi connectivity index (χ0) is 17.1. The van der Waals surface area contributed by atoms with E-state index in [0.29, 0.717) is 37.7 Å². The summed E-state index contributed by atoms with van der Waals surface area (Å²) in [7, 11) is 0. The smallest absolute Gasteiger partial charge is 0.315 e. The van der Waals surface area contributed by atoms with Gasteiger partial charge in [-0.25, -0.2) is 9.18 Å². The fourth-order valence-electron chi connectivity index (χ4n) is 3.82. The van der Waals surface area contributed by atoms with Crippen LogP contribution in [-0.4, -0.2) is 23.1 Å². The summed E-state index contributed by atoms with van der Waals surface area (Å²) in [6, 6.07) is 4.61. The fourth-order valence-corrected chi connectivity index (χ4v) is 3.82. The van der Waals surface area contributed by atoms with Crippen molar-refractivity contribution in [2.24, 2.45) is 5.92 Å². The van der Waals surface area contributed by atoms with Gasteiger partial charge in [0.1, 0.15) is 5.82 Å². The van der Waals surface area contributed by atoms with E-state index in [1.807, 2.05) is 6.07 Å². The summed E-state index contributed by atoms with van der Waals surface area (Å²) < 4.78 is 13.9. The Morgan fingerprint density at radius 1 is 1.08 bits per heavy atom. The summed E-state index contributed by atoms with van der Waals surface area (Å²) in [5, 5.41) is 14.9. The first-order valence-corrected chi connectivity index (χ1v) is 8.61. The number of carbonyl (C=O) groups is 2. The SMILES string of the molecule is O=C(NC1CCC(C(=O)O)CC1)NC1CCCc2c(F)cccc21. The highest BCUT2D eigenvalue weighted by Crippen LogP contribution is 2.31. The highest BCUT2D eigenvalue weighted by Gasteiger charge is 2.28. The molecule has 0 radical (unpaired) electrons. The number of benzene rings is 1. The Kier molecular flexibility index (Phi) is 5.02. The lowest BCUT2D eigenvalue weighted by molar-refractivity contribution is -0.142. The normalized spacial score (nSPS) is 26.3. The molecule has 130 valence electrons. The molecule has 1 saturated carbocycles.